The molecule has 0 heterocycles. The molecule has 0 aliphatic heterocycles. The van der Waals surface area contributed by atoms with Crippen molar-refractivity contribution >= 4 is 39.8 Å². The molecule has 0 fully saturated rings. The van der Waals surface area contributed by atoms with Gasteiger partial charge < -0.3 is 10.6 Å². The summed E-state index contributed by atoms with van der Waals surface area (Å²) in [6.45, 7) is 6.37. The Balaban J connectivity index is 0.00000529. The van der Waals surface area contributed by atoms with E-state index < -0.39 is 9.84 Å². The van der Waals surface area contributed by atoms with Crippen LogP contribution in [0.5, 0.6) is 0 Å². The number of nitrogens with one attached hydrogen (secondary N) is 2. The summed E-state index contributed by atoms with van der Waals surface area (Å²) in [7, 11) is -3.20. The summed E-state index contributed by atoms with van der Waals surface area (Å²) in [5.41, 5.74) is 0. The number of hydrogen-bond donors (Lipinski definition) is 2. The highest BCUT2D eigenvalue weighted by Crippen LogP contribution is 2.10. The van der Waals surface area contributed by atoms with Gasteiger partial charge >= 0.3 is 0 Å². The Labute approximate surface area is 163 Å². The topological polar surface area (TPSA) is 70.6 Å². The van der Waals surface area contributed by atoms with E-state index in [-0.39, 0.29) is 29.7 Å². The first-order valence-corrected chi connectivity index (χ1v) is 10.1. The van der Waals surface area contributed by atoms with Gasteiger partial charge in [0.1, 0.15) is 0 Å². The van der Waals surface area contributed by atoms with E-state index in [1.54, 1.807) is 24.3 Å². The van der Waals surface area contributed by atoms with E-state index in [0.717, 1.165) is 25.5 Å². The summed E-state index contributed by atoms with van der Waals surface area (Å²) in [6, 6.07) is 8.58. The van der Waals surface area contributed by atoms with Crippen molar-refractivity contribution in [2.24, 2.45) is 4.99 Å². The summed E-state index contributed by atoms with van der Waals surface area (Å²) in [6.07, 6.45) is 4.01. The van der Waals surface area contributed by atoms with Gasteiger partial charge in [-0.1, -0.05) is 38.0 Å². The lowest BCUT2D eigenvalue weighted by molar-refractivity contribution is 0.593. The van der Waals surface area contributed by atoms with Crippen molar-refractivity contribution in [3.63, 3.8) is 0 Å². The van der Waals surface area contributed by atoms with Crippen LogP contribution < -0.4 is 10.6 Å². The van der Waals surface area contributed by atoms with E-state index in [1.165, 1.54) is 12.8 Å². The molecule has 0 aliphatic rings. The fraction of sp³-hybridized carbons (Fsp3) is 0.588. The summed E-state index contributed by atoms with van der Waals surface area (Å²) < 4.78 is 24.3. The Morgan fingerprint density at radius 3 is 2.38 bits per heavy atom. The summed E-state index contributed by atoms with van der Waals surface area (Å²) >= 11 is 0. The second kappa shape index (κ2) is 13.5. The minimum atomic E-state index is -3.20. The average Bonchev–Trinajstić information content (AvgIpc) is 2.56. The molecule has 1 aromatic rings. The van der Waals surface area contributed by atoms with Crippen LogP contribution in [0.15, 0.2) is 40.2 Å². The first-order chi connectivity index (χ1) is 11.1. The smallest absolute Gasteiger partial charge is 0.191 e. The Morgan fingerprint density at radius 1 is 1.04 bits per heavy atom. The lowest BCUT2D eigenvalue weighted by Gasteiger charge is -2.11. The van der Waals surface area contributed by atoms with Crippen LogP contribution in [0, 0.1) is 0 Å². The molecule has 0 unspecified atom stereocenters. The van der Waals surface area contributed by atoms with E-state index in [0.29, 0.717) is 17.9 Å². The first-order valence-electron chi connectivity index (χ1n) is 8.40. The number of sulfone groups is 1. The number of hydrogen-bond acceptors (Lipinski definition) is 3. The third-order valence-electron chi connectivity index (χ3n) is 3.36. The van der Waals surface area contributed by atoms with Gasteiger partial charge in [-0.2, -0.15) is 0 Å². The number of guanidine groups is 1. The molecule has 5 nitrogen and oxygen atoms in total. The molecule has 0 bridgehead atoms. The van der Waals surface area contributed by atoms with E-state index in [1.807, 2.05) is 13.0 Å². The Bertz CT molecular complexity index is 562. The van der Waals surface area contributed by atoms with Crippen LogP contribution in [-0.2, 0) is 9.84 Å². The molecular weight excluding hydrogens is 437 g/mol. The zero-order chi connectivity index (χ0) is 17.0. The maximum absolute atomic E-state index is 12.2. The monoisotopic (exact) mass is 467 g/mol. The van der Waals surface area contributed by atoms with Gasteiger partial charge in [0, 0.05) is 19.6 Å². The largest absolute Gasteiger partial charge is 0.357 e. The lowest BCUT2D eigenvalue weighted by atomic mass is 10.2. The van der Waals surface area contributed by atoms with Gasteiger partial charge in [0.05, 0.1) is 10.6 Å². The molecule has 1 aromatic carbocycles. The van der Waals surface area contributed by atoms with Crippen LogP contribution in [0.4, 0.5) is 0 Å². The number of rotatable bonds is 10. The quantitative estimate of drug-likeness (QED) is 0.240. The molecule has 0 saturated carbocycles. The van der Waals surface area contributed by atoms with Crippen LogP contribution in [0.2, 0.25) is 0 Å². The molecule has 0 saturated heterocycles. The summed E-state index contributed by atoms with van der Waals surface area (Å²) in [5, 5.41) is 6.45. The van der Waals surface area contributed by atoms with Gasteiger partial charge in [0.25, 0.3) is 0 Å². The molecule has 0 spiro atoms. The van der Waals surface area contributed by atoms with Gasteiger partial charge in [-0.15, -0.1) is 24.0 Å². The number of aliphatic imine (C=N–C) groups is 1. The molecule has 0 atom stereocenters. The van der Waals surface area contributed by atoms with Crippen molar-refractivity contribution in [2.45, 2.75) is 44.4 Å². The normalized spacial score (nSPS) is 11.7. The van der Waals surface area contributed by atoms with E-state index in [2.05, 4.69) is 22.5 Å². The van der Waals surface area contributed by atoms with Crippen molar-refractivity contribution < 1.29 is 8.42 Å². The first kappa shape index (κ1) is 23.2. The number of benzene rings is 1. The van der Waals surface area contributed by atoms with Gasteiger partial charge in [-0.3, -0.25) is 4.99 Å². The highest BCUT2D eigenvalue weighted by molar-refractivity contribution is 14.0. The molecule has 24 heavy (non-hydrogen) atoms. The van der Waals surface area contributed by atoms with E-state index >= 15 is 0 Å². The van der Waals surface area contributed by atoms with Crippen LogP contribution in [0.25, 0.3) is 0 Å². The zero-order valence-corrected chi connectivity index (χ0v) is 17.8. The third-order valence-corrected chi connectivity index (χ3v) is 5.18. The predicted molar refractivity (Wildman–Crippen MR) is 112 cm³/mol. The van der Waals surface area contributed by atoms with Gasteiger partial charge in [0.2, 0.25) is 0 Å². The minimum absolute atomic E-state index is 0. The fourth-order valence-electron chi connectivity index (χ4n) is 2.11. The van der Waals surface area contributed by atoms with Gasteiger partial charge in [0.15, 0.2) is 15.8 Å². The van der Waals surface area contributed by atoms with Crippen molar-refractivity contribution in [1.29, 1.82) is 0 Å². The molecule has 7 heteroatoms. The maximum atomic E-state index is 12.2. The SMILES string of the molecule is CCCCCNC(=NCCCS(=O)(=O)c1ccccc1)NCC.I. The molecule has 2 N–H and O–H groups in total. The standard InChI is InChI=1S/C17H29N3O2S.HI/c1-3-5-9-13-19-17(18-4-2)20-14-10-15-23(21,22)16-11-7-6-8-12-16;/h6-8,11-12H,3-5,9-10,13-15H2,1-2H3,(H2,18,19,20);1H. The zero-order valence-electron chi connectivity index (χ0n) is 14.6. The average molecular weight is 467 g/mol. The van der Waals surface area contributed by atoms with Crippen molar-refractivity contribution in [2.75, 3.05) is 25.4 Å². The second-order valence-electron chi connectivity index (χ2n) is 5.38. The number of halogens is 1. The predicted octanol–water partition coefficient (Wildman–Crippen LogP) is 3.21. The van der Waals surface area contributed by atoms with Crippen molar-refractivity contribution in [1.82, 2.24) is 10.6 Å². The molecule has 0 aliphatic carbocycles. The highest BCUT2D eigenvalue weighted by Gasteiger charge is 2.12. The minimum Gasteiger partial charge on any atom is -0.357 e. The van der Waals surface area contributed by atoms with Crippen LogP contribution >= 0.6 is 24.0 Å². The van der Waals surface area contributed by atoms with Crippen LogP contribution in [-0.4, -0.2) is 39.8 Å². The molecular formula is C17H30IN3O2S. The van der Waals surface area contributed by atoms with Gasteiger partial charge in [-0.25, -0.2) is 8.42 Å². The van der Waals surface area contributed by atoms with Crippen LogP contribution in [0.1, 0.15) is 39.5 Å². The van der Waals surface area contributed by atoms with Crippen molar-refractivity contribution in [3.8, 4) is 0 Å². The summed E-state index contributed by atoms with van der Waals surface area (Å²) in [5.74, 6) is 0.885. The molecule has 138 valence electrons. The fourth-order valence-corrected chi connectivity index (χ4v) is 3.43. The maximum Gasteiger partial charge on any atom is 0.191 e. The Kier molecular flexibility index (Phi) is 13.0. The number of nitrogens with zero attached hydrogens (tertiary/aromatic N) is 1. The van der Waals surface area contributed by atoms with Crippen molar-refractivity contribution in [3.05, 3.63) is 30.3 Å². The number of unbranched alkanes of at least 4 members (excludes halogenated alkanes) is 2. The molecule has 0 aromatic heterocycles. The summed E-state index contributed by atoms with van der Waals surface area (Å²) in [4.78, 5) is 4.82. The van der Waals surface area contributed by atoms with E-state index in [4.69, 9.17) is 0 Å². The van der Waals surface area contributed by atoms with E-state index in [9.17, 15) is 8.42 Å². The second-order valence-corrected chi connectivity index (χ2v) is 7.49. The molecule has 1 rings (SSSR count). The van der Waals surface area contributed by atoms with Gasteiger partial charge in [-0.05, 0) is 31.9 Å². The Morgan fingerprint density at radius 2 is 1.75 bits per heavy atom. The third kappa shape index (κ3) is 9.46. The lowest BCUT2D eigenvalue weighted by Crippen LogP contribution is -2.37. The Hall–Kier alpha value is -0.830. The highest BCUT2D eigenvalue weighted by atomic mass is 127. The molecule has 0 amide bonds. The molecule has 0 radical (unpaired) electrons. The van der Waals surface area contributed by atoms with Crippen LogP contribution in [0.3, 0.4) is 0 Å².